The second kappa shape index (κ2) is 87.8. The Labute approximate surface area is 839 Å². The van der Waals surface area contributed by atoms with E-state index in [4.69, 9.17) is 15.3 Å². The van der Waals surface area contributed by atoms with Crippen LogP contribution in [0.4, 0.5) is 0 Å². The van der Waals surface area contributed by atoms with Crippen molar-refractivity contribution in [3.05, 3.63) is 249 Å². The number of phenols is 6. The van der Waals surface area contributed by atoms with Crippen molar-refractivity contribution in [3.8, 4) is 34.5 Å². The van der Waals surface area contributed by atoms with Crippen LogP contribution in [0.5, 0.6) is 34.5 Å². The minimum Gasteiger partial charge on any atom is -0.507 e. The maximum Gasteiger partial charge on any atom is 0.339 e. The fourth-order valence-corrected chi connectivity index (χ4v) is 16.3. The third kappa shape index (κ3) is 64.8. The number of aromatic carboxylic acids is 6. The highest BCUT2D eigenvalue weighted by Gasteiger charge is 2.21. The van der Waals surface area contributed by atoms with Crippen molar-refractivity contribution in [3.63, 3.8) is 0 Å². The van der Waals surface area contributed by atoms with Crippen LogP contribution in [0.2, 0.25) is 0 Å². The molecule has 0 aliphatic heterocycles. The van der Waals surface area contributed by atoms with Crippen molar-refractivity contribution in [2.75, 3.05) is 0 Å². The lowest BCUT2D eigenvalue weighted by molar-refractivity contribution is -0.137. The van der Waals surface area contributed by atoms with Gasteiger partial charge < -0.3 is 71.2 Å². The number of hydrogen-bond donors (Lipinski definition) is 13. The number of carbonyl (C=O) groups excluding carboxylic acids is 1. The summed E-state index contributed by atoms with van der Waals surface area (Å²) < 4.78 is 0. The van der Waals surface area contributed by atoms with Crippen molar-refractivity contribution in [2.45, 2.75) is 400 Å². The van der Waals surface area contributed by atoms with E-state index in [2.05, 4.69) is 88.1 Å². The molecule has 6 rings (SSSR count). The first kappa shape index (κ1) is 129. The van der Waals surface area contributed by atoms with E-state index in [1.54, 1.807) is 66.7 Å². The number of benzene rings is 6. The van der Waals surface area contributed by atoms with Gasteiger partial charge in [-0.25, -0.2) is 28.8 Å². The molecule has 0 unspecified atom stereocenters. The second-order valence-corrected chi connectivity index (χ2v) is 35.7. The van der Waals surface area contributed by atoms with Crippen LogP contribution < -0.4 is 0 Å². The molecule has 0 aliphatic carbocycles. The van der Waals surface area contributed by atoms with Crippen LogP contribution >= 0.6 is 0 Å². The van der Waals surface area contributed by atoms with Gasteiger partial charge in [-0.05, 0) is 237 Å². The molecular formula is C118H172BO21. The summed E-state index contributed by atoms with van der Waals surface area (Å²) in [6.45, 7) is 10.4. The fraction of sp³-hybridized carbons (Fsp3) is 0.525. The Balaban J connectivity index is 0.00000166. The Morgan fingerprint density at radius 1 is 0.229 bits per heavy atom. The van der Waals surface area contributed by atoms with Gasteiger partial charge in [0.15, 0.2) is 0 Å². The maximum absolute atomic E-state index is 11.2. The highest BCUT2D eigenvalue weighted by molar-refractivity contribution is 5.95. The molecule has 0 saturated heterocycles. The molecule has 0 amide bonds. The number of allylic oxidation sites excluding steroid dienone is 11. The van der Waals surface area contributed by atoms with E-state index >= 15 is 0 Å². The maximum atomic E-state index is 11.2. The normalized spacial score (nSPS) is 10.9. The number of carboxylic acid groups (broad SMARTS) is 7. The first-order chi connectivity index (χ1) is 67.3. The van der Waals surface area contributed by atoms with Gasteiger partial charge in [-0.3, -0.25) is 4.79 Å². The quantitative estimate of drug-likeness (QED) is 0.00730. The third-order valence-corrected chi connectivity index (χ3v) is 24.0. The highest BCUT2D eigenvalue weighted by Crippen LogP contribution is 2.30. The molecule has 0 aromatic heterocycles. The zero-order chi connectivity index (χ0) is 102. The van der Waals surface area contributed by atoms with Crippen molar-refractivity contribution < 1.29 is 105 Å². The van der Waals surface area contributed by atoms with E-state index in [1.807, 2.05) is 12.1 Å². The molecule has 0 saturated carbocycles. The molecule has 0 aliphatic rings. The van der Waals surface area contributed by atoms with E-state index in [-0.39, 0.29) is 82.7 Å². The Morgan fingerprint density at radius 3 is 0.629 bits per heavy atom. The summed E-state index contributed by atoms with van der Waals surface area (Å²) in [6.07, 6.45) is 88.5. The molecule has 0 heterocycles. The summed E-state index contributed by atoms with van der Waals surface area (Å²) in [4.78, 5) is 87.4. The average Bonchev–Trinajstić information content (AvgIpc) is 0.874. The highest BCUT2D eigenvalue weighted by atomic mass is 16.4. The van der Waals surface area contributed by atoms with Gasteiger partial charge in [0.05, 0.1) is 0 Å². The fourth-order valence-electron chi connectivity index (χ4n) is 16.3. The zero-order valence-electron chi connectivity index (χ0n) is 84.9. The number of unbranched alkanes of at least 4 members (excludes halogenated alkanes) is 41. The lowest BCUT2D eigenvalue weighted by atomic mass is 9.99. The number of rotatable bonds is 73. The molecule has 0 bridgehead atoms. The van der Waals surface area contributed by atoms with Crippen LogP contribution in [0.15, 0.2) is 183 Å². The number of aryl methyl sites for hydroxylation is 6. The average molecular weight is 1940 g/mol. The van der Waals surface area contributed by atoms with E-state index < -0.39 is 41.8 Å². The lowest BCUT2D eigenvalue weighted by Crippen LogP contribution is -2.03. The molecule has 3 radical (unpaired) electrons. The van der Waals surface area contributed by atoms with Gasteiger partial charge >= 0.3 is 41.8 Å². The van der Waals surface area contributed by atoms with Crippen LogP contribution in [0.3, 0.4) is 0 Å². The van der Waals surface area contributed by atoms with Crippen LogP contribution in [-0.4, -0.2) is 123 Å². The van der Waals surface area contributed by atoms with Gasteiger partial charge in [0.25, 0.3) is 0 Å². The minimum absolute atomic E-state index is 0. The molecule has 22 heteroatoms. The van der Waals surface area contributed by atoms with Crippen LogP contribution in [0.25, 0.3) is 0 Å². The summed E-state index contributed by atoms with van der Waals surface area (Å²) in [5, 5.41) is 121. The first-order valence-electron chi connectivity index (χ1n) is 52.1. The van der Waals surface area contributed by atoms with Crippen molar-refractivity contribution >= 4 is 56.5 Å². The molecule has 140 heavy (non-hydrogen) atoms. The lowest BCUT2D eigenvalue weighted by Gasteiger charge is -2.08. The van der Waals surface area contributed by atoms with Crippen LogP contribution in [0.1, 0.15) is 457 Å². The summed E-state index contributed by atoms with van der Waals surface area (Å²) in [6, 6.07) is 29.3. The molecular weight excluding hydrogens is 1760 g/mol. The Kier molecular flexibility index (Phi) is 80.6. The zero-order valence-corrected chi connectivity index (χ0v) is 84.9. The Bertz CT molecular complexity index is 4500. The van der Waals surface area contributed by atoms with E-state index in [0.29, 0.717) is 56.1 Å². The number of aliphatic carboxylic acids is 1. The number of hydrogen-bond acceptors (Lipinski definition) is 14. The number of aldehydes is 1. The largest absolute Gasteiger partial charge is 0.507 e. The predicted octanol–water partition coefficient (Wildman–Crippen LogP) is 31.4. The summed E-state index contributed by atoms with van der Waals surface area (Å²) in [7, 11) is 0. The standard InChI is InChI=1S/C22H36O3.C22H34O3.C22H32O3.C22H30O3.C15H20O5.C15H20O4.B/c4*1-2-3-4-5-6-7-8-9-10-11-12-13-14-16-19-17-15-18-20(23)21(19)22(24)25;16-12-9-6-8-11(14(12)15(19)20)7-4-2-1-3-5-10-13(17)18;16-11-6-4-2-1-3-5-8-12-9-7-10-13(17)14(12)15(18)19;/h15,17-18,23H,2-14,16H2,1H3,(H,24,25);7-8,15,17-18,23H,2-6,9-14,16H2,1H3,(H,24,25);4-5,7-8,15,17-18,23H,2-3,6,9-14,16H2,1H3,(H,24,25);2,4-5,7-8,15,17-18,23H,1,3,6,9-14,16H2,(H,24,25);6,8-9,16H,1-5,7,10H2,(H,17,18)(H,19,20);7,9-11,17H,1-6,8H2,(H,18,19);/b;8-7-;2*5-4-,8-7-;;;. The van der Waals surface area contributed by atoms with Crippen molar-refractivity contribution in [1.82, 2.24) is 0 Å². The summed E-state index contributed by atoms with van der Waals surface area (Å²) in [5.41, 5.74) is 4.49. The topological polar surface area (TPSA) is 400 Å². The van der Waals surface area contributed by atoms with Gasteiger partial charge in [-0.15, -0.1) is 6.58 Å². The van der Waals surface area contributed by atoms with E-state index in [9.17, 15) is 89.4 Å². The molecule has 0 atom stereocenters. The van der Waals surface area contributed by atoms with Crippen LogP contribution in [0, 0.1) is 0 Å². The van der Waals surface area contributed by atoms with E-state index in [1.165, 1.54) is 210 Å². The molecule has 0 spiro atoms. The van der Waals surface area contributed by atoms with Crippen molar-refractivity contribution in [2.24, 2.45) is 0 Å². The Hall–Kier alpha value is -11.4. The van der Waals surface area contributed by atoms with E-state index in [0.717, 1.165) is 183 Å². The molecule has 6 aromatic rings. The SMILES string of the molecule is C=CC/C=C\C/C=C\CCCCCCCc1cccc(O)c1C(=O)O.CCC/C=C\C/C=C\CCCCCCCc1cccc(O)c1C(=O)O.CCCCCC/C=C\CCCCCCCc1cccc(O)c1C(=O)O.CCCCCCCCCCCCCCCc1cccc(O)c1C(=O)O.O=C(O)CCCCCCCc1cccc(O)c1C(=O)O.O=CCCCCCCCc1cccc(O)c1C(=O)O.[B]. The molecule has 6 aromatic carbocycles. The summed E-state index contributed by atoms with van der Waals surface area (Å²) in [5.74, 6) is -8.06. The van der Waals surface area contributed by atoms with Gasteiger partial charge in [0.2, 0.25) is 0 Å². The molecule has 13 N–H and O–H groups in total. The second-order valence-electron chi connectivity index (χ2n) is 35.7. The van der Waals surface area contributed by atoms with Gasteiger partial charge in [-0.1, -0.05) is 359 Å². The predicted molar refractivity (Wildman–Crippen MR) is 570 cm³/mol. The first-order valence-corrected chi connectivity index (χ1v) is 52.1. The Morgan fingerprint density at radius 2 is 0.414 bits per heavy atom. The van der Waals surface area contributed by atoms with Gasteiger partial charge in [0, 0.05) is 21.3 Å². The van der Waals surface area contributed by atoms with Gasteiger partial charge in [-0.2, -0.15) is 0 Å². The monoisotopic (exact) mass is 1940 g/mol. The van der Waals surface area contributed by atoms with Crippen LogP contribution in [-0.2, 0) is 48.1 Å². The minimum atomic E-state index is -1.11. The van der Waals surface area contributed by atoms with Gasteiger partial charge in [0.1, 0.15) is 74.2 Å². The number of aromatic hydroxyl groups is 6. The molecule has 0 fully saturated rings. The third-order valence-electron chi connectivity index (χ3n) is 24.0. The number of carboxylic acids is 7. The molecule has 773 valence electrons. The van der Waals surface area contributed by atoms with Crippen molar-refractivity contribution in [1.29, 1.82) is 0 Å². The smallest absolute Gasteiger partial charge is 0.339 e. The molecule has 21 nitrogen and oxygen atoms in total. The number of carbonyl (C=O) groups is 8. The summed E-state index contributed by atoms with van der Waals surface area (Å²) >= 11 is 0.